The van der Waals surface area contributed by atoms with Crippen LogP contribution in [0.2, 0.25) is 0 Å². The molecule has 0 saturated carbocycles. The van der Waals surface area contributed by atoms with Crippen LogP contribution in [0.5, 0.6) is 0 Å². The van der Waals surface area contributed by atoms with Crippen LogP contribution in [0.25, 0.3) is 0 Å². The minimum atomic E-state index is -3.19. The van der Waals surface area contributed by atoms with Crippen molar-refractivity contribution in [2.75, 3.05) is 20.8 Å². The third kappa shape index (κ3) is 2.46. The average molecular weight is 250 g/mol. The van der Waals surface area contributed by atoms with Crippen LogP contribution < -0.4 is 0 Å². The van der Waals surface area contributed by atoms with Crippen molar-refractivity contribution in [2.24, 2.45) is 11.1 Å². The Hall–Kier alpha value is -0.420. The van der Waals surface area contributed by atoms with E-state index < -0.39 is 7.75 Å². The molecular weight excluding hydrogens is 231 g/mol. The molecule has 1 aliphatic rings. The second-order valence-corrected chi connectivity index (χ2v) is 6.18. The highest BCUT2D eigenvalue weighted by molar-refractivity contribution is 7.51. The van der Waals surface area contributed by atoms with E-state index in [2.05, 4.69) is 5.16 Å². The number of hydrogen-bond donors (Lipinski definition) is 1. The van der Waals surface area contributed by atoms with Crippen LogP contribution in [0.15, 0.2) is 5.16 Å². The minimum Gasteiger partial charge on any atom is -0.411 e. The Morgan fingerprint density at radius 2 is 2.00 bits per heavy atom. The van der Waals surface area contributed by atoms with Crippen LogP contribution in [-0.4, -0.2) is 42.4 Å². The van der Waals surface area contributed by atoms with Crippen molar-refractivity contribution in [3.05, 3.63) is 0 Å². The molecule has 0 aliphatic carbocycles. The smallest absolute Gasteiger partial charge is 0.407 e. The van der Waals surface area contributed by atoms with Gasteiger partial charge in [-0.3, -0.25) is 9.05 Å². The number of rotatable bonds is 3. The Morgan fingerprint density at radius 1 is 1.44 bits per heavy atom. The zero-order chi connectivity index (χ0) is 12.3. The molecule has 1 fully saturated rings. The minimum absolute atomic E-state index is 0.0344. The molecule has 0 spiro atoms. The van der Waals surface area contributed by atoms with Crippen LogP contribution in [0, 0.1) is 5.92 Å². The van der Waals surface area contributed by atoms with E-state index in [-0.39, 0.29) is 12.0 Å². The van der Waals surface area contributed by atoms with Gasteiger partial charge in [0, 0.05) is 39.1 Å². The molecule has 0 radical (unpaired) electrons. The van der Waals surface area contributed by atoms with Crippen LogP contribution in [0.3, 0.4) is 0 Å². The maximum atomic E-state index is 12.2. The first-order chi connectivity index (χ1) is 7.48. The summed E-state index contributed by atoms with van der Waals surface area (Å²) >= 11 is 0. The van der Waals surface area contributed by atoms with E-state index in [0.29, 0.717) is 13.0 Å². The molecule has 1 saturated heterocycles. The molecule has 1 N–H and O–H groups in total. The molecule has 1 aliphatic heterocycles. The molecule has 6 nitrogen and oxygen atoms in total. The molecule has 7 heteroatoms. The average Bonchev–Trinajstić information content (AvgIpc) is 2.30. The second-order valence-electron chi connectivity index (χ2n) is 4.00. The zero-order valence-corrected chi connectivity index (χ0v) is 11.0. The summed E-state index contributed by atoms with van der Waals surface area (Å²) in [6, 6.07) is -0.0344. The largest absolute Gasteiger partial charge is 0.411 e. The SMILES string of the molecule is COP(=O)(OC)N1CC(C)C(=NO)CC1C. The lowest BCUT2D eigenvalue weighted by molar-refractivity contribution is 0.171. The highest BCUT2D eigenvalue weighted by Crippen LogP contribution is 2.53. The Labute approximate surface area is 95.8 Å². The molecule has 1 heterocycles. The fourth-order valence-corrected chi connectivity index (χ4v) is 3.52. The predicted molar refractivity (Wildman–Crippen MR) is 60.8 cm³/mol. The van der Waals surface area contributed by atoms with Gasteiger partial charge in [0.25, 0.3) is 0 Å². The van der Waals surface area contributed by atoms with Gasteiger partial charge in [0.1, 0.15) is 0 Å². The lowest BCUT2D eigenvalue weighted by atomic mass is 9.95. The van der Waals surface area contributed by atoms with Gasteiger partial charge in [0.2, 0.25) is 0 Å². The molecule has 0 amide bonds. The molecule has 1 rings (SSSR count). The van der Waals surface area contributed by atoms with E-state index in [1.54, 1.807) is 4.67 Å². The summed E-state index contributed by atoms with van der Waals surface area (Å²) in [5, 5.41) is 12.1. The summed E-state index contributed by atoms with van der Waals surface area (Å²) in [6.07, 6.45) is 0.564. The second kappa shape index (κ2) is 5.27. The van der Waals surface area contributed by atoms with Gasteiger partial charge in [0.15, 0.2) is 0 Å². The van der Waals surface area contributed by atoms with Gasteiger partial charge in [-0.1, -0.05) is 12.1 Å². The van der Waals surface area contributed by atoms with Crippen molar-refractivity contribution >= 4 is 13.5 Å². The molecule has 0 aromatic rings. The van der Waals surface area contributed by atoms with Crippen LogP contribution in [0.1, 0.15) is 20.3 Å². The van der Waals surface area contributed by atoms with E-state index in [0.717, 1.165) is 5.71 Å². The van der Waals surface area contributed by atoms with Crippen molar-refractivity contribution in [3.63, 3.8) is 0 Å². The summed E-state index contributed by atoms with van der Waals surface area (Å²) in [5.74, 6) is 0.0415. The third-order valence-corrected chi connectivity index (χ3v) is 5.06. The van der Waals surface area contributed by atoms with Gasteiger partial charge in [0.05, 0.1) is 5.71 Å². The molecular formula is C9H19N2O4P. The Morgan fingerprint density at radius 3 is 2.44 bits per heavy atom. The first kappa shape index (κ1) is 13.6. The van der Waals surface area contributed by atoms with Crippen LogP contribution >= 0.6 is 7.75 Å². The predicted octanol–water partition coefficient (Wildman–Crippen LogP) is 1.95. The summed E-state index contributed by atoms with van der Waals surface area (Å²) in [5.41, 5.74) is 0.725. The number of nitrogens with zero attached hydrogens (tertiary/aromatic N) is 2. The zero-order valence-electron chi connectivity index (χ0n) is 10.1. The van der Waals surface area contributed by atoms with E-state index in [1.807, 2.05) is 13.8 Å². The molecule has 16 heavy (non-hydrogen) atoms. The van der Waals surface area contributed by atoms with Crippen molar-refractivity contribution in [1.82, 2.24) is 4.67 Å². The lowest BCUT2D eigenvalue weighted by Gasteiger charge is -2.39. The topological polar surface area (TPSA) is 71.4 Å². The van der Waals surface area contributed by atoms with Gasteiger partial charge in [-0.15, -0.1) is 0 Å². The van der Waals surface area contributed by atoms with Crippen molar-refractivity contribution in [1.29, 1.82) is 0 Å². The van der Waals surface area contributed by atoms with E-state index >= 15 is 0 Å². The summed E-state index contributed by atoms with van der Waals surface area (Å²) in [7, 11) is -0.446. The first-order valence-electron chi connectivity index (χ1n) is 5.18. The molecule has 0 bridgehead atoms. The molecule has 2 atom stereocenters. The Bertz CT molecular complexity index is 313. The standard InChI is InChI=1S/C9H19N2O4P/c1-7-6-11(16(13,14-3)15-4)8(2)5-9(7)10-12/h7-8,12H,5-6H2,1-4H3. The van der Waals surface area contributed by atoms with Crippen molar-refractivity contribution in [3.8, 4) is 0 Å². The van der Waals surface area contributed by atoms with Crippen molar-refractivity contribution in [2.45, 2.75) is 26.3 Å². The lowest BCUT2D eigenvalue weighted by Crippen LogP contribution is -2.43. The quantitative estimate of drug-likeness (QED) is 0.471. The van der Waals surface area contributed by atoms with Crippen LogP contribution in [-0.2, 0) is 13.6 Å². The molecule has 0 aromatic heterocycles. The van der Waals surface area contributed by atoms with Gasteiger partial charge in [-0.05, 0) is 6.92 Å². The van der Waals surface area contributed by atoms with E-state index in [1.165, 1.54) is 14.2 Å². The van der Waals surface area contributed by atoms with Gasteiger partial charge in [-0.2, -0.15) is 0 Å². The highest BCUT2D eigenvalue weighted by atomic mass is 31.2. The molecule has 0 aromatic carbocycles. The highest BCUT2D eigenvalue weighted by Gasteiger charge is 2.40. The number of hydrogen-bond acceptors (Lipinski definition) is 5. The van der Waals surface area contributed by atoms with Crippen LogP contribution in [0.4, 0.5) is 0 Å². The maximum Gasteiger partial charge on any atom is 0.407 e. The van der Waals surface area contributed by atoms with E-state index in [9.17, 15) is 4.57 Å². The monoisotopic (exact) mass is 250 g/mol. The maximum absolute atomic E-state index is 12.2. The molecule has 2 unspecified atom stereocenters. The Kier molecular flexibility index (Phi) is 4.50. The van der Waals surface area contributed by atoms with Gasteiger partial charge >= 0.3 is 7.75 Å². The molecule has 94 valence electrons. The third-order valence-electron chi connectivity index (χ3n) is 2.95. The first-order valence-corrected chi connectivity index (χ1v) is 6.67. The summed E-state index contributed by atoms with van der Waals surface area (Å²) < 4.78 is 23.9. The fraction of sp³-hybridized carbons (Fsp3) is 0.889. The van der Waals surface area contributed by atoms with E-state index in [4.69, 9.17) is 14.3 Å². The summed E-state index contributed by atoms with van der Waals surface area (Å²) in [4.78, 5) is 0. The number of piperidine rings is 1. The van der Waals surface area contributed by atoms with Gasteiger partial charge in [-0.25, -0.2) is 9.24 Å². The summed E-state index contributed by atoms with van der Waals surface area (Å²) in [6.45, 7) is 4.32. The Balaban J connectivity index is 2.89. The normalized spacial score (nSPS) is 30.9. The van der Waals surface area contributed by atoms with Crippen molar-refractivity contribution < 1.29 is 18.8 Å². The van der Waals surface area contributed by atoms with Gasteiger partial charge < -0.3 is 5.21 Å². The number of oxime groups is 1. The fourth-order valence-electron chi connectivity index (χ4n) is 1.94.